The van der Waals surface area contributed by atoms with Gasteiger partial charge in [0.15, 0.2) is 0 Å². The average molecular weight is 188 g/mol. The molecule has 3 rings (SSSR count). The van der Waals surface area contributed by atoms with Crippen LogP contribution in [0, 0.1) is 11.8 Å². The van der Waals surface area contributed by atoms with Crippen molar-refractivity contribution < 1.29 is 0 Å². The zero-order chi connectivity index (χ0) is 9.71. The fourth-order valence-electron chi connectivity index (χ4n) is 2.04. The molecule has 2 atom stereocenters. The number of nitrogens with zero attached hydrogens (tertiary/aromatic N) is 1. The second kappa shape index (κ2) is 2.56. The van der Waals surface area contributed by atoms with Crippen molar-refractivity contribution in [2.24, 2.45) is 11.8 Å². The monoisotopic (exact) mass is 188 g/mol. The first-order chi connectivity index (χ1) is 6.78. The normalized spacial score (nSPS) is 26.9. The van der Waals surface area contributed by atoms with Gasteiger partial charge >= 0.3 is 0 Å². The number of H-pyrrole nitrogens is 1. The third-order valence-corrected chi connectivity index (χ3v) is 3.02. The molecule has 0 aliphatic heterocycles. The Morgan fingerprint density at radius 2 is 2.29 bits per heavy atom. The number of hydrogen-bond acceptors (Lipinski definition) is 2. The molecule has 2 aliphatic carbocycles. The van der Waals surface area contributed by atoms with Crippen molar-refractivity contribution in [2.45, 2.75) is 19.8 Å². The molecular weight excluding hydrogens is 176 g/mol. The predicted molar refractivity (Wildman–Crippen MR) is 54.0 cm³/mol. The quantitative estimate of drug-likeness (QED) is 0.648. The van der Waals surface area contributed by atoms with Gasteiger partial charge in [0.1, 0.15) is 5.69 Å². The zero-order valence-corrected chi connectivity index (χ0v) is 8.08. The highest BCUT2D eigenvalue weighted by atomic mass is 16.1. The third kappa shape index (κ3) is 1.05. The van der Waals surface area contributed by atoms with Crippen LogP contribution in [0.5, 0.6) is 0 Å². The molecule has 3 heteroatoms. The number of aromatic nitrogens is 2. The molecule has 0 spiro atoms. The third-order valence-electron chi connectivity index (χ3n) is 3.02. The summed E-state index contributed by atoms with van der Waals surface area (Å²) in [5, 5.41) is 1.89. The molecule has 1 saturated carbocycles. The maximum absolute atomic E-state index is 11.5. The van der Waals surface area contributed by atoms with Crippen LogP contribution in [0.3, 0.4) is 0 Å². The Balaban J connectivity index is 2.34. The SMILES string of the molecule is CCc1nc2c([nH]c1=O)=CC1CC1C=2. The van der Waals surface area contributed by atoms with Gasteiger partial charge in [0.25, 0.3) is 5.56 Å². The summed E-state index contributed by atoms with van der Waals surface area (Å²) in [6, 6.07) is 0. The lowest BCUT2D eigenvalue weighted by Gasteiger charge is -2.00. The van der Waals surface area contributed by atoms with Crippen LogP contribution >= 0.6 is 0 Å². The van der Waals surface area contributed by atoms with Crippen LogP contribution in [-0.2, 0) is 6.42 Å². The molecule has 3 nitrogen and oxygen atoms in total. The van der Waals surface area contributed by atoms with Crippen LogP contribution in [0.1, 0.15) is 19.0 Å². The van der Waals surface area contributed by atoms with Gasteiger partial charge in [0.05, 0.1) is 10.7 Å². The van der Waals surface area contributed by atoms with Crippen molar-refractivity contribution in [3.05, 3.63) is 26.7 Å². The van der Waals surface area contributed by atoms with E-state index in [0.29, 0.717) is 24.0 Å². The Kier molecular flexibility index (Phi) is 1.46. The van der Waals surface area contributed by atoms with Gasteiger partial charge in [0.2, 0.25) is 0 Å². The maximum atomic E-state index is 11.5. The minimum atomic E-state index is -0.0324. The van der Waals surface area contributed by atoms with Crippen molar-refractivity contribution in [3.8, 4) is 0 Å². The van der Waals surface area contributed by atoms with Crippen LogP contribution in [0.2, 0.25) is 0 Å². The number of nitrogens with one attached hydrogen (secondary N) is 1. The first-order valence-electron chi connectivity index (χ1n) is 5.11. The summed E-state index contributed by atoms with van der Waals surface area (Å²) in [5.41, 5.74) is 0.613. The summed E-state index contributed by atoms with van der Waals surface area (Å²) in [4.78, 5) is 18.8. The van der Waals surface area contributed by atoms with E-state index in [1.165, 1.54) is 6.42 Å². The molecule has 1 fully saturated rings. The molecule has 1 aromatic heterocycles. The molecule has 72 valence electrons. The lowest BCUT2D eigenvalue weighted by Crippen LogP contribution is -2.40. The van der Waals surface area contributed by atoms with E-state index in [4.69, 9.17) is 0 Å². The molecule has 1 heterocycles. The van der Waals surface area contributed by atoms with Crippen molar-refractivity contribution in [1.82, 2.24) is 9.97 Å². The zero-order valence-electron chi connectivity index (χ0n) is 8.08. The van der Waals surface area contributed by atoms with Crippen molar-refractivity contribution in [2.75, 3.05) is 0 Å². The molecule has 0 amide bonds. The van der Waals surface area contributed by atoms with E-state index in [2.05, 4.69) is 22.1 Å². The standard InChI is InChI=1S/C11H12N2O/c1-2-8-11(14)13-10-5-7-3-6(7)4-9(10)12-8/h4-7H,2-3H2,1H3,(H,13,14). The molecule has 0 radical (unpaired) electrons. The first kappa shape index (κ1) is 7.97. The summed E-state index contributed by atoms with van der Waals surface area (Å²) in [6.07, 6.45) is 6.26. The summed E-state index contributed by atoms with van der Waals surface area (Å²) in [6.45, 7) is 1.95. The van der Waals surface area contributed by atoms with Crippen molar-refractivity contribution >= 4 is 12.2 Å². The largest absolute Gasteiger partial charge is 0.319 e. The molecule has 2 aliphatic rings. The number of rotatable bonds is 1. The highest BCUT2D eigenvalue weighted by Crippen LogP contribution is 2.41. The van der Waals surface area contributed by atoms with Gasteiger partial charge in [-0.15, -0.1) is 0 Å². The summed E-state index contributed by atoms with van der Waals surface area (Å²) in [5.74, 6) is 1.35. The van der Waals surface area contributed by atoms with Gasteiger partial charge in [-0.25, -0.2) is 4.98 Å². The molecule has 1 aromatic rings. The second-order valence-corrected chi connectivity index (χ2v) is 4.06. The number of fused-ring (bicyclic) bond motifs is 2. The minimum absolute atomic E-state index is 0.0324. The van der Waals surface area contributed by atoms with E-state index in [9.17, 15) is 4.79 Å². The fourth-order valence-corrected chi connectivity index (χ4v) is 2.04. The fraction of sp³-hybridized carbons (Fsp3) is 0.455. The lowest BCUT2D eigenvalue weighted by atomic mass is 10.2. The highest BCUT2D eigenvalue weighted by Gasteiger charge is 2.35. The van der Waals surface area contributed by atoms with Gasteiger partial charge in [-0.2, -0.15) is 0 Å². The van der Waals surface area contributed by atoms with Crippen LogP contribution in [-0.4, -0.2) is 9.97 Å². The topological polar surface area (TPSA) is 45.8 Å². The Bertz CT molecular complexity index is 556. The molecule has 0 bridgehead atoms. The molecule has 0 aromatic carbocycles. The minimum Gasteiger partial charge on any atom is -0.319 e. The van der Waals surface area contributed by atoms with Gasteiger partial charge < -0.3 is 4.98 Å². The first-order valence-corrected chi connectivity index (χ1v) is 5.11. The number of aromatic amines is 1. The van der Waals surface area contributed by atoms with E-state index >= 15 is 0 Å². The Hall–Kier alpha value is -1.38. The summed E-state index contributed by atoms with van der Waals surface area (Å²) < 4.78 is 0. The van der Waals surface area contributed by atoms with Crippen molar-refractivity contribution in [1.29, 1.82) is 0 Å². The van der Waals surface area contributed by atoms with Gasteiger partial charge in [-0.3, -0.25) is 4.79 Å². The number of hydrogen-bond donors (Lipinski definition) is 1. The molecule has 0 saturated heterocycles. The van der Waals surface area contributed by atoms with E-state index in [0.717, 1.165) is 10.7 Å². The van der Waals surface area contributed by atoms with Crippen LogP contribution < -0.4 is 16.3 Å². The lowest BCUT2D eigenvalue weighted by molar-refractivity contribution is 0.898. The second-order valence-electron chi connectivity index (χ2n) is 4.06. The Morgan fingerprint density at radius 1 is 1.50 bits per heavy atom. The van der Waals surface area contributed by atoms with E-state index in [1.807, 2.05) is 6.92 Å². The Labute approximate surface area is 81.2 Å². The summed E-state index contributed by atoms with van der Waals surface area (Å²) in [7, 11) is 0. The number of aryl methyl sites for hydroxylation is 1. The summed E-state index contributed by atoms with van der Waals surface area (Å²) >= 11 is 0. The highest BCUT2D eigenvalue weighted by molar-refractivity contribution is 5.46. The van der Waals surface area contributed by atoms with Crippen LogP contribution in [0.4, 0.5) is 0 Å². The van der Waals surface area contributed by atoms with Gasteiger partial charge in [-0.1, -0.05) is 19.1 Å². The molecule has 14 heavy (non-hydrogen) atoms. The maximum Gasteiger partial charge on any atom is 0.270 e. The van der Waals surface area contributed by atoms with Gasteiger partial charge in [-0.05, 0) is 24.7 Å². The van der Waals surface area contributed by atoms with E-state index in [-0.39, 0.29) is 5.56 Å². The van der Waals surface area contributed by atoms with E-state index < -0.39 is 0 Å². The average Bonchev–Trinajstić information content (AvgIpc) is 2.91. The smallest absolute Gasteiger partial charge is 0.270 e. The van der Waals surface area contributed by atoms with Gasteiger partial charge in [0, 0.05) is 0 Å². The van der Waals surface area contributed by atoms with Crippen LogP contribution in [0.15, 0.2) is 4.79 Å². The molecule has 2 unspecified atom stereocenters. The Morgan fingerprint density at radius 3 is 3.07 bits per heavy atom. The molecule has 1 N–H and O–H groups in total. The molecular formula is C11H12N2O. The van der Waals surface area contributed by atoms with Crippen LogP contribution in [0.25, 0.3) is 12.2 Å². The van der Waals surface area contributed by atoms with Crippen molar-refractivity contribution in [3.63, 3.8) is 0 Å². The predicted octanol–water partition coefficient (Wildman–Crippen LogP) is -0.457. The van der Waals surface area contributed by atoms with E-state index in [1.54, 1.807) is 0 Å².